The summed E-state index contributed by atoms with van der Waals surface area (Å²) in [6.45, 7) is 5.68. The van der Waals surface area contributed by atoms with E-state index in [-0.39, 0.29) is 6.10 Å². The van der Waals surface area contributed by atoms with Gasteiger partial charge in [0.2, 0.25) is 0 Å². The molecule has 186 valence electrons. The molecular weight excluding hydrogens is 444 g/mol. The van der Waals surface area contributed by atoms with Crippen LogP contribution in [0.2, 0.25) is 0 Å². The molecule has 0 amide bonds. The number of carboxylic acids is 1. The van der Waals surface area contributed by atoms with E-state index in [1.165, 1.54) is 13.8 Å². The van der Waals surface area contributed by atoms with Gasteiger partial charge in [-0.15, -0.1) is 0 Å². The molecule has 0 aliphatic carbocycles. The third kappa shape index (κ3) is 7.67. The maximum absolute atomic E-state index is 11.2. The second-order valence-electron chi connectivity index (χ2n) is 8.81. The lowest BCUT2D eigenvalue weighted by Crippen LogP contribution is -2.37. The number of benzene rings is 3. The quantitative estimate of drug-likeness (QED) is 0.298. The van der Waals surface area contributed by atoms with Gasteiger partial charge in [0.05, 0.1) is 13.7 Å². The summed E-state index contributed by atoms with van der Waals surface area (Å²) in [5.41, 5.74) is 0.952. The summed E-state index contributed by atoms with van der Waals surface area (Å²) in [6.07, 6.45) is 2.74. The molecule has 0 bridgehead atoms. The minimum absolute atomic E-state index is 0.0470. The lowest BCUT2D eigenvalue weighted by Gasteiger charge is -2.21. The van der Waals surface area contributed by atoms with Gasteiger partial charge in [-0.3, -0.25) is 0 Å². The normalized spacial score (nSPS) is 12.0. The predicted octanol–water partition coefficient (Wildman–Crippen LogP) is 6.62. The summed E-state index contributed by atoms with van der Waals surface area (Å²) in [7, 11) is 1.66. The van der Waals surface area contributed by atoms with Crippen molar-refractivity contribution in [2.75, 3.05) is 13.7 Å². The molecule has 3 aromatic carbocycles. The highest BCUT2D eigenvalue weighted by atomic mass is 16.5. The van der Waals surface area contributed by atoms with Crippen molar-refractivity contribution in [2.24, 2.45) is 0 Å². The summed E-state index contributed by atoms with van der Waals surface area (Å²) in [5.74, 6) is 1.84. The van der Waals surface area contributed by atoms with Crippen LogP contribution >= 0.6 is 0 Å². The van der Waals surface area contributed by atoms with Crippen LogP contribution in [0, 0.1) is 0 Å². The molecule has 6 nitrogen and oxygen atoms in total. The summed E-state index contributed by atoms with van der Waals surface area (Å²) in [4.78, 5) is 11.2. The van der Waals surface area contributed by atoms with Crippen LogP contribution in [0.1, 0.15) is 40.0 Å². The number of hydrogen-bond donors (Lipinski definition) is 1. The molecular formula is C29H34O6. The first kappa shape index (κ1) is 25.9. The van der Waals surface area contributed by atoms with Gasteiger partial charge in [-0.05, 0) is 79.9 Å². The van der Waals surface area contributed by atoms with E-state index in [0.29, 0.717) is 18.1 Å². The van der Waals surface area contributed by atoms with Crippen molar-refractivity contribution in [2.45, 2.75) is 51.7 Å². The molecule has 3 rings (SSSR count). The smallest absolute Gasteiger partial charge is 0.347 e. The Balaban J connectivity index is 1.51. The number of carboxylic acid groups (broad SMARTS) is 1. The minimum atomic E-state index is -1.29. The summed E-state index contributed by atoms with van der Waals surface area (Å²) in [5, 5.41) is 9.19. The molecule has 6 heteroatoms. The molecule has 1 atom stereocenters. The highest BCUT2D eigenvalue weighted by Gasteiger charge is 2.29. The van der Waals surface area contributed by atoms with Gasteiger partial charge in [0.1, 0.15) is 29.1 Å². The second-order valence-corrected chi connectivity index (χ2v) is 8.81. The SMILES string of the molecule is CCCC(CCOc1ccc(OC(C)(C)C(=O)O)cc1)Oc1ccc(-c2ccc(OC)cc2)cc1. The molecule has 0 fully saturated rings. The third-order valence-corrected chi connectivity index (χ3v) is 5.61. The second kappa shape index (κ2) is 12.2. The Hall–Kier alpha value is -3.67. The highest BCUT2D eigenvalue weighted by Crippen LogP contribution is 2.26. The summed E-state index contributed by atoms with van der Waals surface area (Å²) < 4.78 is 22.9. The number of hydrogen-bond acceptors (Lipinski definition) is 5. The van der Waals surface area contributed by atoms with Crippen LogP contribution in [0.5, 0.6) is 23.0 Å². The Labute approximate surface area is 207 Å². The predicted molar refractivity (Wildman–Crippen MR) is 137 cm³/mol. The average Bonchev–Trinajstić information content (AvgIpc) is 2.85. The fraction of sp³-hybridized carbons (Fsp3) is 0.345. The number of aliphatic carboxylic acids is 1. The third-order valence-electron chi connectivity index (χ3n) is 5.61. The fourth-order valence-corrected chi connectivity index (χ4v) is 3.54. The first-order valence-corrected chi connectivity index (χ1v) is 11.9. The Kier molecular flexibility index (Phi) is 9.01. The van der Waals surface area contributed by atoms with E-state index in [2.05, 4.69) is 19.1 Å². The van der Waals surface area contributed by atoms with Crippen LogP contribution < -0.4 is 18.9 Å². The topological polar surface area (TPSA) is 74.2 Å². The van der Waals surface area contributed by atoms with Crippen LogP contribution in [0.25, 0.3) is 11.1 Å². The van der Waals surface area contributed by atoms with Crippen molar-refractivity contribution in [1.29, 1.82) is 0 Å². The largest absolute Gasteiger partial charge is 0.497 e. The van der Waals surface area contributed by atoms with E-state index in [4.69, 9.17) is 18.9 Å². The molecule has 0 saturated carbocycles. The van der Waals surface area contributed by atoms with Crippen LogP contribution in [0.15, 0.2) is 72.8 Å². The zero-order valence-corrected chi connectivity index (χ0v) is 20.8. The first-order chi connectivity index (χ1) is 16.8. The van der Waals surface area contributed by atoms with Crippen LogP contribution in [-0.4, -0.2) is 36.5 Å². The molecule has 0 spiro atoms. The average molecular weight is 479 g/mol. The lowest BCUT2D eigenvalue weighted by molar-refractivity contribution is -0.152. The maximum atomic E-state index is 11.2. The van der Waals surface area contributed by atoms with Crippen LogP contribution in [0.3, 0.4) is 0 Å². The molecule has 0 aromatic heterocycles. The fourth-order valence-electron chi connectivity index (χ4n) is 3.54. The molecule has 0 aliphatic rings. The highest BCUT2D eigenvalue weighted by molar-refractivity contribution is 5.76. The van der Waals surface area contributed by atoms with Gasteiger partial charge in [0.15, 0.2) is 5.60 Å². The van der Waals surface area contributed by atoms with E-state index in [0.717, 1.165) is 41.9 Å². The van der Waals surface area contributed by atoms with Gasteiger partial charge in [0.25, 0.3) is 0 Å². The van der Waals surface area contributed by atoms with Crippen molar-refractivity contribution in [1.82, 2.24) is 0 Å². The number of rotatable bonds is 13. The zero-order chi connectivity index (χ0) is 25.3. The molecule has 0 saturated heterocycles. The van der Waals surface area contributed by atoms with Crippen molar-refractivity contribution < 1.29 is 28.8 Å². The molecule has 3 aromatic rings. The molecule has 0 heterocycles. The molecule has 35 heavy (non-hydrogen) atoms. The van der Waals surface area contributed by atoms with Crippen molar-refractivity contribution >= 4 is 5.97 Å². The summed E-state index contributed by atoms with van der Waals surface area (Å²) in [6, 6.07) is 23.1. The van der Waals surface area contributed by atoms with Gasteiger partial charge >= 0.3 is 5.97 Å². The van der Waals surface area contributed by atoms with E-state index >= 15 is 0 Å². The maximum Gasteiger partial charge on any atom is 0.347 e. The standard InChI is InChI=1S/C29H34O6/c1-5-6-25(19-20-33-24-15-17-27(18-16-24)35-29(2,3)28(30)31)34-26-13-9-22(10-14-26)21-7-11-23(32-4)12-8-21/h7-18,25H,5-6,19-20H2,1-4H3,(H,30,31). The van der Waals surface area contributed by atoms with E-state index in [9.17, 15) is 9.90 Å². The number of ether oxygens (including phenoxy) is 4. The van der Waals surface area contributed by atoms with Gasteiger partial charge < -0.3 is 24.1 Å². The van der Waals surface area contributed by atoms with Gasteiger partial charge in [-0.2, -0.15) is 0 Å². The molecule has 0 aliphatic heterocycles. The first-order valence-electron chi connectivity index (χ1n) is 11.9. The Morgan fingerprint density at radius 3 is 1.83 bits per heavy atom. The van der Waals surface area contributed by atoms with E-state index in [1.54, 1.807) is 31.4 Å². The van der Waals surface area contributed by atoms with Crippen molar-refractivity contribution in [3.05, 3.63) is 72.8 Å². The van der Waals surface area contributed by atoms with Gasteiger partial charge in [-0.25, -0.2) is 4.79 Å². The zero-order valence-electron chi connectivity index (χ0n) is 20.8. The summed E-state index contributed by atoms with van der Waals surface area (Å²) >= 11 is 0. The molecule has 1 N–H and O–H groups in total. The van der Waals surface area contributed by atoms with Crippen LogP contribution in [0.4, 0.5) is 0 Å². The lowest BCUT2D eigenvalue weighted by atomic mass is 10.1. The van der Waals surface area contributed by atoms with Gasteiger partial charge in [-0.1, -0.05) is 37.6 Å². The molecule has 1 unspecified atom stereocenters. The Morgan fingerprint density at radius 2 is 1.31 bits per heavy atom. The van der Waals surface area contributed by atoms with E-state index in [1.807, 2.05) is 36.4 Å². The van der Waals surface area contributed by atoms with Gasteiger partial charge in [0, 0.05) is 6.42 Å². The number of methoxy groups -OCH3 is 1. The monoisotopic (exact) mass is 478 g/mol. The van der Waals surface area contributed by atoms with Crippen molar-refractivity contribution in [3.63, 3.8) is 0 Å². The minimum Gasteiger partial charge on any atom is -0.497 e. The Morgan fingerprint density at radius 1 is 0.800 bits per heavy atom. The molecule has 0 radical (unpaired) electrons. The van der Waals surface area contributed by atoms with Crippen LogP contribution in [-0.2, 0) is 4.79 Å². The number of carbonyl (C=O) groups is 1. The Bertz CT molecular complexity index is 1060. The van der Waals surface area contributed by atoms with E-state index < -0.39 is 11.6 Å². The van der Waals surface area contributed by atoms with Crippen molar-refractivity contribution in [3.8, 4) is 34.1 Å².